The summed E-state index contributed by atoms with van der Waals surface area (Å²) in [6.45, 7) is 0.0827. The first-order valence-electron chi connectivity index (χ1n) is 8.15. The van der Waals surface area contributed by atoms with Gasteiger partial charge in [-0.3, -0.25) is 19.3 Å². The van der Waals surface area contributed by atoms with Crippen molar-refractivity contribution in [2.24, 2.45) is 11.8 Å². The summed E-state index contributed by atoms with van der Waals surface area (Å²) in [4.78, 5) is 38.2. The van der Waals surface area contributed by atoms with Crippen molar-refractivity contribution in [1.29, 1.82) is 0 Å². The lowest BCUT2D eigenvalue weighted by molar-refractivity contribution is -0.140. The topological polar surface area (TPSA) is 75.7 Å². The van der Waals surface area contributed by atoms with Crippen LogP contribution in [0, 0.1) is 11.8 Å². The van der Waals surface area contributed by atoms with Crippen LogP contribution in [0.1, 0.15) is 19.3 Å². The molecule has 1 N–H and O–H groups in total. The van der Waals surface area contributed by atoms with Gasteiger partial charge >= 0.3 is 0 Å². The van der Waals surface area contributed by atoms with Crippen molar-refractivity contribution in [3.8, 4) is 5.75 Å². The molecule has 1 heterocycles. The Morgan fingerprint density at radius 3 is 2.48 bits per heavy atom. The number of nitrogens with zero attached hydrogens (tertiary/aromatic N) is 1. The number of halogens is 1. The molecule has 1 aromatic carbocycles. The number of benzene rings is 1. The van der Waals surface area contributed by atoms with Crippen LogP contribution in [0.5, 0.6) is 5.75 Å². The number of methoxy groups -OCH3 is 1. The first-order chi connectivity index (χ1) is 12.0. The summed E-state index contributed by atoms with van der Waals surface area (Å²) in [6, 6.07) is 4.90. The normalized spacial score (nSPS) is 22.1. The van der Waals surface area contributed by atoms with Crippen LogP contribution in [-0.2, 0) is 14.4 Å². The van der Waals surface area contributed by atoms with E-state index in [9.17, 15) is 14.4 Å². The van der Waals surface area contributed by atoms with Gasteiger partial charge in [-0.1, -0.05) is 23.8 Å². The number of allylic oxidation sites excluding steroid dienone is 2. The van der Waals surface area contributed by atoms with Gasteiger partial charge in [0.25, 0.3) is 0 Å². The number of imide groups is 1. The molecule has 1 saturated heterocycles. The maximum Gasteiger partial charge on any atom is 0.233 e. The van der Waals surface area contributed by atoms with E-state index >= 15 is 0 Å². The number of carbonyl (C=O) groups is 3. The Kier molecular flexibility index (Phi) is 5.08. The van der Waals surface area contributed by atoms with E-state index in [-0.39, 0.29) is 42.5 Å². The first kappa shape index (κ1) is 17.5. The Hall–Kier alpha value is -2.34. The van der Waals surface area contributed by atoms with E-state index in [4.69, 9.17) is 16.3 Å². The van der Waals surface area contributed by atoms with E-state index in [1.807, 2.05) is 12.2 Å². The summed E-state index contributed by atoms with van der Waals surface area (Å²) in [5.74, 6) is -0.709. The van der Waals surface area contributed by atoms with Gasteiger partial charge in [0.2, 0.25) is 17.7 Å². The minimum atomic E-state index is -0.311. The Balaban J connectivity index is 1.60. The number of ether oxygens (including phenoxy) is 1. The molecule has 3 amide bonds. The van der Waals surface area contributed by atoms with Gasteiger partial charge in [-0.05, 0) is 31.0 Å². The molecule has 1 aromatic rings. The fraction of sp³-hybridized carbons (Fsp3) is 0.389. The molecular formula is C18H19ClN2O4. The summed E-state index contributed by atoms with van der Waals surface area (Å²) in [5.41, 5.74) is 0.456. The van der Waals surface area contributed by atoms with Crippen molar-refractivity contribution >= 4 is 35.0 Å². The summed E-state index contributed by atoms with van der Waals surface area (Å²) >= 11 is 5.94. The quantitative estimate of drug-likeness (QED) is 0.645. The van der Waals surface area contributed by atoms with Gasteiger partial charge in [0.05, 0.1) is 24.6 Å². The third kappa shape index (κ3) is 3.54. The third-order valence-corrected chi connectivity index (χ3v) is 4.83. The van der Waals surface area contributed by atoms with E-state index < -0.39 is 0 Å². The van der Waals surface area contributed by atoms with Crippen LogP contribution in [0.15, 0.2) is 30.4 Å². The number of anilines is 1. The average molecular weight is 363 g/mol. The molecular weight excluding hydrogens is 344 g/mol. The number of carbonyl (C=O) groups excluding carboxylic acids is 3. The van der Waals surface area contributed by atoms with Gasteiger partial charge in [0.1, 0.15) is 5.75 Å². The smallest absolute Gasteiger partial charge is 0.233 e. The van der Waals surface area contributed by atoms with Crippen LogP contribution in [0.2, 0.25) is 5.02 Å². The second kappa shape index (κ2) is 7.27. The van der Waals surface area contributed by atoms with Crippen LogP contribution in [0.3, 0.4) is 0 Å². The molecule has 6 nitrogen and oxygen atoms in total. The average Bonchev–Trinajstić information content (AvgIpc) is 2.85. The number of hydrogen-bond donors (Lipinski definition) is 1. The largest absolute Gasteiger partial charge is 0.495 e. The molecule has 0 aromatic heterocycles. The lowest BCUT2D eigenvalue weighted by Gasteiger charge is -2.15. The van der Waals surface area contributed by atoms with E-state index in [0.29, 0.717) is 29.3 Å². The summed E-state index contributed by atoms with van der Waals surface area (Å²) in [5, 5.41) is 3.18. The maximum absolute atomic E-state index is 12.4. The molecule has 1 fully saturated rings. The molecule has 2 aliphatic rings. The summed E-state index contributed by atoms with van der Waals surface area (Å²) in [7, 11) is 1.50. The minimum Gasteiger partial charge on any atom is -0.495 e. The Labute approximate surface area is 150 Å². The number of amides is 3. The zero-order chi connectivity index (χ0) is 18.0. The highest BCUT2D eigenvalue weighted by atomic mass is 35.5. The monoisotopic (exact) mass is 362 g/mol. The highest BCUT2D eigenvalue weighted by Gasteiger charge is 2.46. The Morgan fingerprint density at radius 2 is 1.88 bits per heavy atom. The Morgan fingerprint density at radius 1 is 1.24 bits per heavy atom. The fourth-order valence-electron chi connectivity index (χ4n) is 3.29. The van der Waals surface area contributed by atoms with E-state index in [0.717, 1.165) is 0 Å². The summed E-state index contributed by atoms with van der Waals surface area (Å²) < 4.78 is 5.18. The van der Waals surface area contributed by atoms with Crippen LogP contribution in [-0.4, -0.2) is 36.3 Å². The second-order valence-corrected chi connectivity index (χ2v) is 6.56. The fourth-order valence-corrected chi connectivity index (χ4v) is 3.47. The van der Waals surface area contributed by atoms with Gasteiger partial charge in [0.15, 0.2) is 0 Å². The van der Waals surface area contributed by atoms with Crippen molar-refractivity contribution in [2.45, 2.75) is 19.3 Å². The zero-order valence-corrected chi connectivity index (χ0v) is 14.6. The number of hydrogen-bond acceptors (Lipinski definition) is 4. The number of nitrogens with one attached hydrogen (secondary N) is 1. The molecule has 3 rings (SSSR count). The van der Waals surface area contributed by atoms with E-state index in [2.05, 4.69) is 5.32 Å². The van der Waals surface area contributed by atoms with Crippen LogP contribution < -0.4 is 10.1 Å². The standard InChI is InChI=1S/C18H19ClN2O4/c1-25-15-7-6-11(19)10-14(15)20-16(22)8-9-21-17(23)12-4-2-3-5-13(12)18(21)24/h2-3,6-7,10,12-13H,4-5,8-9H2,1H3,(H,20,22)/t12-,13+. The van der Waals surface area contributed by atoms with E-state index in [1.165, 1.54) is 12.0 Å². The molecule has 7 heteroatoms. The molecule has 1 aliphatic carbocycles. The minimum absolute atomic E-state index is 0.0278. The van der Waals surface area contributed by atoms with Crippen LogP contribution in [0.25, 0.3) is 0 Å². The molecule has 0 unspecified atom stereocenters. The van der Waals surface area contributed by atoms with Crippen LogP contribution >= 0.6 is 11.6 Å². The summed E-state index contributed by atoms with van der Waals surface area (Å²) in [6.07, 6.45) is 5.09. The van der Waals surface area contributed by atoms with Crippen molar-refractivity contribution in [3.05, 3.63) is 35.4 Å². The van der Waals surface area contributed by atoms with Crippen molar-refractivity contribution in [3.63, 3.8) is 0 Å². The number of likely N-dealkylation sites (tertiary alicyclic amines) is 1. The number of rotatable bonds is 5. The van der Waals surface area contributed by atoms with Gasteiger partial charge in [-0.25, -0.2) is 0 Å². The Bertz CT molecular complexity index is 721. The maximum atomic E-state index is 12.4. The lowest BCUT2D eigenvalue weighted by Crippen LogP contribution is -2.34. The predicted molar refractivity (Wildman–Crippen MR) is 93.3 cm³/mol. The molecule has 132 valence electrons. The van der Waals surface area contributed by atoms with Crippen molar-refractivity contribution in [1.82, 2.24) is 4.90 Å². The molecule has 1 aliphatic heterocycles. The van der Waals surface area contributed by atoms with Gasteiger partial charge in [-0.2, -0.15) is 0 Å². The zero-order valence-electron chi connectivity index (χ0n) is 13.8. The molecule has 0 bridgehead atoms. The lowest BCUT2D eigenvalue weighted by atomic mass is 9.85. The third-order valence-electron chi connectivity index (χ3n) is 4.60. The molecule has 25 heavy (non-hydrogen) atoms. The molecule has 0 radical (unpaired) electrons. The SMILES string of the molecule is COc1ccc(Cl)cc1NC(=O)CCN1C(=O)[C@H]2CC=CC[C@H]2C1=O. The predicted octanol–water partition coefficient (Wildman–Crippen LogP) is 2.63. The first-order valence-corrected chi connectivity index (χ1v) is 8.52. The van der Waals surface area contributed by atoms with Crippen molar-refractivity contribution < 1.29 is 19.1 Å². The van der Waals surface area contributed by atoms with Crippen LogP contribution in [0.4, 0.5) is 5.69 Å². The molecule has 2 atom stereocenters. The molecule has 0 saturated carbocycles. The number of fused-ring (bicyclic) bond motifs is 1. The van der Waals surface area contributed by atoms with Gasteiger partial charge in [0, 0.05) is 18.0 Å². The second-order valence-electron chi connectivity index (χ2n) is 6.13. The van der Waals surface area contributed by atoms with Gasteiger partial charge < -0.3 is 10.1 Å². The highest BCUT2D eigenvalue weighted by molar-refractivity contribution is 6.31. The van der Waals surface area contributed by atoms with Gasteiger partial charge in [-0.15, -0.1) is 0 Å². The highest BCUT2D eigenvalue weighted by Crippen LogP contribution is 2.35. The molecule has 0 spiro atoms. The van der Waals surface area contributed by atoms with Crippen molar-refractivity contribution in [2.75, 3.05) is 19.0 Å². The van der Waals surface area contributed by atoms with E-state index in [1.54, 1.807) is 18.2 Å².